The predicted molar refractivity (Wildman–Crippen MR) is 132 cm³/mol. The van der Waals surface area contributed by atoms with E-state index in [1.54, 1.807) is 32.0 Å². The number of benzene rings is 2. The van der Waals surface area contributed by atoms with Crippen molar-refractivity contribution in [2.24, 2.45) is 0 Å². The number of anilines is 2. The molecule has 0 spiro atoms. The topological polar surface area (TPSA) is 109 Å². The molecule has 0 bridgehead atoms. The van der Waals surface area contributed by atoms with Gasteiger partial charge in [0.15, 0.2) is 5.78 Å². The Morgan fingerprint density at radius 3 is 2.16 bits per heavy atom. The minimum absolute atomic E-state index is 0.136. The van der Waals surface area contributed by atoms with E-state index in [2.05, 4.69) is 20.9 Å². The largest absolute Gasteiger partial charge is 0.457 e. The maximum Gasteiger partial charge on any atom is 0.417 e. The van der Waals surface area contributed by atoms with Gasteiger partial charge in [-0.1, -0.05) is 5.57 Å². The summed E-state index contributed by atoms with van der Waals surface area (Å²) in [7, 11) is 1.48. The maximum atomic E-state index is 13.5. The molecule has 3 amide bonds. The zero-order chi connectivity index (χ0) is 27.2. The lowest BCUT2D eigenvalue weighted by Crippen LogP contribution is -2.20. The number of nitrogens with zero attached hydrogens (tertiary/aromatic N) is 1. The van der Waals surface area contributed by atoms with Gasteiger partial charge >= 0.3 is 12.2 Å². The second kappa shape index (κ2) is 11.4. The summed E-state index contributed by atoms with van der Waals surface area (Å²) >= 11 is 0. The number of hydrogen-bond donors (Lipinski definition) is 3. The summed E-state index contributed by atoms with van der Waals surface area (Å²) < 4.78 is 46.3. The van der Waals surface area contributed by atoms with Crippen molar-refractivity contribution >= 4 is 29.1 Å². The van der Waals surface area contributed by atoms with Gasteiger partial charge in [-0.3, -0.25) is 14.6 Å². The van der Waals surface area contributed by atoms with E-state index in [1.165, 1.54) is 37.5 Å². The van der Waals surface area contributed by atoms with Gasteiger partial charge < -0.3 is 20.7 Å². The van der Waals surface area contributed by atoms with Gasteiger partial charge in [0.2, 0.25) is 0 Å². The number of rotatable bonds is 7. The number of hydrogen-bond acceptors (Lipinski definition) is 5. The van der Waals surface area contributed by atoms with E-state index >= 15 is 0 Å². The summed E-state index contributed by atoms with van der Waals surface area (Å²) in [6.07, 6.45) is -2.25. The summed E-state index contributed by atoms with van der Waals surface area (Å²) in [5.41, 5.74) is -0.708. The molecular weight excluding hydrogens is 489 g/mol. The van der Waals surface area contributed by atoms with Crippen LogP contribution in [0.3, 0.4) is 0 Å². The number of urea groups is 1. The molecule has 8 nitrogen and oxygen atoms in total. The number of allylic oxidation sites excluding steroid dienone is 2. The van der Waals surface area contributed by atoms with Crippen LogP contribution in [0.5, 0.6) is 11.5 Å². The Labute approximate surface area is 210 Å². The third kappa shape index (κ3) is 7.40. The van der Waals surface area contributed by atoms with E-state index in [0.717, 1.165) is 12.1 Å². The third-order valence-corrected chi connectivity index (χ3v) is 4.81. The summed E-state index contributed by atoms with van der Waals surface area (Å²) in [6, 6.07) is 11.4. The van der Waals surface area contributed by atoms with Crippen molar-refractivity contribution in [2.45, 2.75) is 20.0 Å². The number of ketones is 1. The highest BCUT2D eigenvalue weighted by molar-refractivity contribution is 6.07. The first kappa shape index (κ1) is 26.9. The monoisotopic (exact) mass is 512 g/mol. The third-order valence-electron chi connectivity index (χ3n) is 4.81. The van der Waals surface area contributed by atoms with Crippen LogP contribution in [0.25, 0.3) is 0 Å². The van der Waals surface area contributed by atoms with E-state index in [0.29, 0.717) is 28.8 Å². The van der Waals surface area contributed by atoms with Crippen molar-refractivity contribution in [3.05, 3.63) is 89.3 Å². The standard InChI is InChI=1S/C26H23F3N4O4/c1-15(2)12-23(34)20-9-6-17(13-21(20)26(27,28)29)33-25(36)32-16-4-7-18(8-5-16)37-19-10-11-31-22(14-19)24(35)30-3/h4-14H,1-3H3,(H,30,35)(H2,32,33,36). The van der Waals surface area contributed by atoms with Gasteiger partial charge in [0, 0.05) is 36.2 Å². The number of nitrogens with one attached hydrogen (secondary N) is 3. The van der Waals surface area contributed by atoms with Crippen LogP contribution in [0, 0.1) is 0 Å². The number of aromatic nitrogens is 1. The first-order valence-corrected chi connectivity index (χ1v) is 10.9. The van der Waals surface area contributed by atoms with Gasteiger partial charge in [-0.25, -0.2) is 4.79 Å². The lowest BCUT2D eigenvalue weighted by Gasteiger charge is -2.14. The first-order chi connectivity index (χ1) is 17.5. The Balaban J connectivity index is 1.68. The van der Waals surface area contributed by atoms with Crippen LogP contribution >= 0.6 is 0 Å². The molecule has 0 saturated carbocycles. The van der Waals surface area contributed by atoms with Crippen LogP contribution in [0.4, 0.5) is 29.3 Å². The summed E-state index contributed by atoms with van der Waals surface area (Å²) in [5.74, 6) is -0.361. The van der Waals surface area contributed by atoms with Crippen molar-refractivity contribution in [3.8, 4) is 11.5 Å². The minimum atomic E-state index is -4.79. The fourth-order valence-electron chi connectivity index (χ4n) is 3.17. The number of pyridine rings is 1. The molecule has 3 rings (SSSR count). The molecule has 0 unspecified atom stereocenters. The van der Waals surface area contributed by atoms with Crippen molar-refractivity contribution < 1.29 is 32.3 Å². The Morgan fingerprint density at radius 1 is 0.892 bits per heavy atom. The lowest BCUT2D eigenvalue weighted by atomic mass is 10.0. The molecule has 0 saturated heterocycles. The van der Waals surface area contributed by atoms with Crippen LogP contribution in [-0.4, -0.2) is 29.8 Å². The van der Waals surface area contributed by atoms with Gasteiger partial charge in [-0.15, -0.1) is 0 Å². The summed E-state index contributed by atoms with van der Waals surface area (Å²) in [4.78, 5) is 40.2. The van der Waals surface area contributed by atoms with Crippen LogP contribution in [-0.2, 0) is 6.18 Å². The molecule has 37 heavy (non-hydrogen) atoms. The average molecular weight is 512 g/mol. The number of alkyl halides is 3. The highest BCUT2D eigenvalue weighted by Crippen LogP contribution is 2.34. The molecule has 11 heteroatoms. The van der Waals surface area contributed by atoms with Gasteiger partial charge in [-0.05, 0) is 68.5 Å². The number of ether oxygens (including phenoxy) is 1. The Morgan fingerprint density at radius 2 is 1.54 bits per heavy atom. The smallest absolute Gasteiger partial charge is 0.417 e. The molecule has 3 aromatic rings. The van der Waals surface area contributed by atoms with Gasteiger partial charge in [0.1, 0.15) is 17.2 Å². The van der Waals surface area contributed by atoms with E-state index < -0.39 is 29.1 Å². The Kier molecular flexibility index (Phi) is 8.28. The summed E-state index contributed by atoms with van der Waals surface area (Å²) in [5, 5.41) is 7.31. The zero-order valence-electron chi connectivity index (χ0n) is 20.1. The quantitative estimate of drug-likeness (QED) is 0.264. The number of amides is 3. The van der Waals surface area contributed by atoms with Gasteiger partial charge in [-0.2, -0.15) is 13.2 Å². The molecule has 0 radical (unpaired) electrons. The Hall–Kier alpha value is -4.67. The molecule has 1 heterocycles. The van der Waals surface area contributed by atoms with Gasteiger partial charge in [0.25, 0.3) is 5.91 Å². The zero-order valence-corrected chi connectivity index (χ0v) is 20.1. The van der Waals surface area contributed by atoms with Crippen molar-refractivity contribution in [2.75, 3.05) is 17.7 Å². The number of carbonyl (C=O) groups is 3. The molecule has 0 fully saturated rings. The molecule has 3 N–H and O–H groups in total. The Bertz CT molecular complexity index is 1350. The highest BCUT2D eigenvalue weighted by atomic mass is 19.4. The SMILES string of the molecule is CNC(=O)c1cc(Oc2ccc(NC(=O)Nc3ccc(C(=O)C=C(C)C)c(C(F)(F)F)c3)cc2)ccn1. The molecule has 0 atom stereocenters. The fraction of sp³-hybridized carbons (Fsp3) is 0.154. The molecule has 0 aliphatic carbocycles. The normalized spacial score (nSPS) is 10.8. The molecular formula is C26H23F3N4O4. The van der Waals surface area contributed by atoms with Crippen molar-refractivity contribution in [1.82, 2.24) is 10.3 Å². The maximum absolute atomic E-state index is 13.5. The lowest BCUT2D eigenvalue weighted by molar-refractivity contribution is -0.137. The second-order valence-electron chi connectivity index (χ2n) is 8.01. The fourth-order valence-corrected chi connectivity index (χ4v) is 3.17. The van der Waals surface area contributed by atoms with E-state index in [4.69, 9.17) is 4.74 Å². The molecule has 0 aliphatic rings. The molecule has 192 valence electrons. The van der Waals surface area contributed by atoms with E-state index in [1.807, 2.05) is 0 Å². The second-order valence-corrected chi connectivity index (χ2v) is 8.01. The van der Waals surface area contributed by atoms with Crippen molar-refractivity contribution in [1.29, 1.82) is 0 Å². The van der Waals surface area contributed by atoms with Crippen LogP contribution in [0.1, 0.15) is 40.3 Å². The van der Waals surface area contributed by atoms with Crippen LogP contribution in [0.15, 0.2) is 72.4 Å². The highest BCUT2D eigenvalue weighted by Gasteiger charge is 2.35. The number of carbonyl (C=O) groups excluding carboxylic acids is 3. The van der Waals surface area contributed by atoms with E-state index in [9.17, 15) is 27.6 Å². The predicted octanol–water partition coefficient (Wildman–Crippen LogP) is 6.05. The molecule has 1 aromatic heterocycles. The number of halogens is 3. The van der Waals surface area contributed by atoms with Gasteiger partial charge in [0.05, 0.1) is 5.56 Å². The first-order valence-electron chi connectivity index (χ1n) is 10.9. The average Bonchev–Trinajstić information content (AvgIpc) is 2.84. The minimum Gasteiger partial charge on any atom is -0.457 e. The molecule has 2 aromatic carbocycles. The van der Waals surface area contributed by atoms with Crippen LogP contribution < -0.4 is 20.7 Å². The summed E-state index contributed by atoms with van der Waals surface area (Å²) in [6.45, 7) is 3.21. The van der Waals surface area contributed by atoms with E-state index in [-0.39, 0.29) is 17.3 Å². The van der Waals surface area contributed by atoms with Crippen molar-refractivity contribution in [3.63, 3.8) is 0 Å². The molecule has 0 aliphatic heterocycles. The van der Waals surface area contributed by atoms with Crippen LogP contribution in [0.2, 0.25) is 0 Å².